The fourth-order valence-electron chi connectivity index (χ4n) is 1.27. The Balaban J connectivity index is 2.56. The van der Waals surface area contributed by atoms with Crippen molar-refractivity contribution in [3.63, 3.8) is 0 Å². The second kappa shape index (κ2) is 5.85. The summed E-state index contributed by atoms with van der Waals surface area (Å²) in [6, 6.07) is 4.76. The zero-order valence-electron chi connectivity index (χ0n) is 9.09. The van der Waals surface area contributed by atoms with Gasteiger partial charge in [-0.05, 0) is 30.9 Å². The fourth-order valence-corrected chi connectivity index (χ4v) is 1.94. The average molecular weight is 228 g/mol. The van der Waals surface area contributed by atoms with Gasteiger partial charge < -0.3 is 11.1 Å². The molecule has 1 rings (SSSR count). The molecule has 0 fully saturated rings. The Morgan fingerprint density at radius 1 is 1.53 bits per heavy atom. The van der Waals surface area contributed by atoms with Crippen LogP contribution in [0.5, 0.6) is 0 Å². The summed E-state index contributed by atoms with van der Waals surface area (Å²) in [4.78, 5) is 0. The standard InChI is InChI=1S/C11H17FN2S/c1-3-15-7-8(2)14-11-5-4-9(12)6-10(11)13/h4-6,8,14H,3,7,13H2,1-2H3. The molecule has 84 valence electrons. The van der Waals surface area contributed by atoms with Crippen molar-refractivity contribution in [3.8, 4) is 0 Å². The first-order chi connectivity index (χ1) is 7.13. The largest absolute Gasteiger partial charge is 0.397 e. The van der Waals surface area contributed by atoms with Crippen LogP contribution < -0.4 is 11.1 Å². The van der Waals surface area contributed by atoms with Crippen molar-refractivity contribution in [2.75, 3.05) is 22.6 Å². The molecule has 0 amide bonds. The predicted molar refractivity (Wildman–Crippen MR) is 66.9 cm³/mol. The van der Waals surface area contributed by atoms with Gasteiger partial charge in [-0.2, -0.15) is 11.8 Å². The molecule has 0 aliphatic rings. The molecule has 1 aromatic carbocycles. The lowest BCUT2D eigenvalue weighted by atomic mass is 10.2. The van der Waals surface area contributed by atoms with Crippen LogP contribution in [-0.4, -0.2) is 17.5 Å². The van der Waals surface area contributed by atoms with Crippen LogP contribution in [0.25, 0.3) is 0 Å². The number of rotatable bonds is 5. The topological polar surface area (TPSA) is 38.0 Å². The molecule has 0 aliphatic heterocycles. The number of nitrogens with two attached hydrogens (primary N) is 1. The van der Waals surface area contributed by atoms with Gasteiger partial charge in [0.15, 0.2) is 0 Å². The summed E-state index contributed by atoms with van der Waals surface area (Å²) >= 11 is 1.87. The van der Waals surface area contributed by atoms with Crippen LogP contribution in [0.1, 0.15) is 13.8 Å². The first-order valence-corrected chi connectivity index (χ1v) is 6.18. The first kappa shape index (κ1) is 12.2. The van der Waals surface area contributed by atoms with E-state index in [1.807, 2.05) is 11.8 Å². The molecule has 2 nitrogen and oxygen atoms in total. The molecule has 0 heterocycles. The van der Waals surface area contributed by atoms with E-state index in [0.717, 1.165) is 17.2 Å². The third-order valence-electron chi connectivity index (χ3n) is 1.99. The zero-order chi connectivity index (χ0) is 11.3. The lowest BCUT2D eigenvalue weighted by Crippen LogP contribution is -2.18. The van der Waals surface area contributed by atoms with Crippen LogP contribution in [0.15, 0.2) is 18.2 Å². The zero-order valence-corrected chi connectivity index (χ0v) is 9.90. The van der Waals surface area contributed by atoms with Gasteiger partial charge in [0.25, 0.3) is 0 Å². The summed E-state index contributed by atoms with van der Waals surface area (Å²) in [5, 5.41) is 3.26. The molecule has 0 bridgehead atoms. The average Bonchev–Trinajstić information content (AvgIpc) is 2.19. The monoisotopic (exact) mass is 228 g/mol. The van der Waals surface area contributed by atoms with Crippen LogP contribution in [0.2, 0.25) is 0 Å². The molecule has 15 heavy (non-hydrogen) atoms. The maximum atomic E-state index is 12.8. The van der Waals surface area contributed by atoms with Crippen LogP contribution in [-0.2, 0) is 0 Å². The minimum atomic E-state index is -0.298. The van der Waals surface area contributed by atoms with Gasteiger partial charge in [0.2, 0.25) is 0 Å². The molecule has 4 heteroatoms. The number of thioether (sulfide) groups is 1. The first-order valence-electron chi connectivity index (χ1n) is 5.02. The highest BCUT2D eigenvalue weighted by Gasteiger charge is 2.05. The summed E-state index contributed by atoms with van der Waals surface area (Å²) in [5.41, 5.74) is 6.96. The summed E-state index contributed by atoms with van der Waals surface area (Å²) in [6.07, 6.45) is 0. The van der Waals surface area contributed by atoms with Gasteiger partial charge in [-0.15, -0.1) is 0 Å². The van der Waals surface area contributed by atoms with Crippen molar-refractivity contribution in [1.29, 1.82) is 0 Å². The number of nitrogens with one attached hydrogen (secondary N) is 1. The third-order valence-corrected chi connectivity index (χ3v) is 3.13. The van der Waals surface area contributed by atoms with Gasteiger partial charge in [0, 0.05) is 11.8 Å². The second-order valence-electron chi connectivity index (χ2n) is 3.44. The summed E-state index contributed by atoms with van der Waals surface area (Å²) in [5.74, 6) is 1.83. The number of hydrogen-bond donors (Lipinski definition) is 2. The Morgan fingerprint density at radius 2 is 2.27 bits per heavy atom. The van der Waals surface area contributed by atoms with E-state index in [1.54, 1.807) is 6.07 Å². The van der Waals surface area contributed by atoms with Gasteiger partial charge in [-0.1, -0.05) is 6.92 Å². The molecular weight excluding hydrogens is 211 g/mol. The van der Waals surface area contributed by atoms with Crippen molar-refractivity contribution in [3.05, 3.63) is 24.0 Å². The highest BCUT2D eigenvalue weighted by Crippen LogP contribution is 2.20. The quantitative estimate of drug-likeness (QED) is 0.761. The molecule has 0 aromatic heterocycles. The lowest BCUT2D eigenvalue weighted by Gasteiger charge is -2.16. The normalized spacial score (nSPS) is 12.5. The molecule has 1 aromatic rings. The van der Waals surface area contributed by atoms with E-state index >= 15 is 0 Å². The van der Waals surface area contributed by atoms with Crippen LogP contribution in [0, 0.1) is 5.82 Å². The van der Waals surface area contributed by atoms with Crippen LogP contribution in [0.4, 0.5) is 15.8 Å². The minimum Gasteiger partial charge on any atom is -0.397 e. The highest BCUT2D eigenvalue weighted by molar-refractivity contribution is 7.99. The van der Waals surface area contributed by atoms with Crippen molar-refractivity contribution < 1.29 is 4.39 Å². The minimum absolute atomic E-state index is 0.298. The van der Waals surface area contributed by atoms with Gasteiger partial charge in [0.05, 0.1) is 11.4 Å². The molecule has 0 aliphatic carbocycles. The molecule has 0 spiro atoms. The Kier molecular flexibility index (Phi) is 4.75. The van der Waals surface area contributed by atoms with E-state index in [2.05, 4.69) is 19.2 Å². The van der Waals surface area contributed by atoms with Gasteiger partial charge in [-0.3, -0.25) is 0 Å². The van der Waals surface area contributed by atoms with Gasteiger partial charge >= 0.3 is 0 Å². The maximum absolute atomic E-state index is 12.8. The van der Waals surface area contributed by atoms with E-state index < -0.39 is 0 Å². The number of benzene rings is 1. The van der Waals surface area contributed by atoms with E-state index in [0.29, 0.717) is 11.7 Å². The maximum Gasteiger partial charge on any atom is 0.125 e. The second-order valence-corrected chi connectivity index (χ2v) is 4.76. The number of nitrogen functional groups attached to an aromatic ring is 1. The van der Waals surface area contributed by atoms with Gasteiger partial charge in [0.1, 0.15) is 5.82 Å². The molecule has 3 N–H and O–H groups in total. The van der Waals surface area contributed by atoms with E-state index in [9.17, 15) is 4.39 Å². The summed E-state index contributed by atoms with van der Waals surface area (Å²) < 4.78 is 12.8. The highest BCUT2D eigenvalue weighted by atomic mass is 32.2. The van der Waals surface area contributed by atoms with Crippen molar-refractivity contribution in [1.82, 2.24) is 0 Å². The van der Waals surface area contributed by atoms with E-state index in [-0.39, 0.29) is 5.82 Å². The van der Waals surface area contributed by atoms with E-state index in [4.69, 9.17) is 5.73 Å². The molecular formula is C11H17FN2S. The van der Waals surface area contributed by atoms with Crippen LogP contribution >= 0.6 is 11.8 Å². The number of halogens is 1. The Hall–Kier alpha value is -0.900. The smallest absolute Gasteiger partial charge is 0.125 e. The summed E-state index contributed by atoms with van der Waals surface area (Å²) in [7, 11) is 0. The third kappa shape index (κ3) is 4.00. The Labute approximate surface area is 94.4 Å². The number of anilines is 2. The summed E-state index contributed by atoms with van der Waals surface area (Å²) in [6.45, 7) is 4.22. The molecule has 0 saturated carbocycles. The predicted octanol–water partition coefficient (Wildman–Crippen LogP) is 2.96. The van der Waals surface area contributed by atoms with Crippen LogP contribution in [0.3, 0.4) is 0 Å². The van der Waals surface area contributed by atoms with Crippen molar-refractivity contribution in [2.45, 2.75) is 19.9 Å². The lowest BCUT2D eigenvalue weighted by molar-refractivity contribution is 0.628. The SMILES string of the molecule is CCSCC(C)Nc1ccc(F)cc1N. The van der Waals surface area contributed by atoms with Crippen molar-refractivity contribution >= 4 is 23.1 Å². The molecule has 1 unspecified atom stereocenters. The number of hydrogen-bond acceptors (Lipinski definition) is 3. The Morgan fingerprint density at radius 3 is 2.87 bits per heavy atom. The van der Waals surface area contributed by atoms with E-state index in [1.165, 1.54) is 12.1 Å². The fraction of sp³-hybridized carbons (Fsp3) is 0.455. The van der Waals surface area contributed by atoms with Crippen molar-refractivity contribution in [2.24, 2.45) is 0 Å². The molecule has 0 radical (unpaired) electrons. The molecule has 1 atom stereocenters. The van der Waals surface area contributed by atoms with Gasteiger partial charge in [-0.25, -0.2) is 4.39 Å². The molecule has 0 saturated heterocycles. The Bertz CT molecular complexity index is 317.